The number of rotatable bonds is 2. The standard InChI is InChI=1S/C9H11NO/c1-8(11)5-6-9-4-2-3-7-10-9/h2-5,7,11H,6H2,1H3. The zero-order valence-electron chi connectivity index (χ0n) is 6.49. The van der Waals surface area contributed by atoms with E-state index in [-0.39, 0.29) is 0 Å². The van der Waals surface area contributed by atoms with Gasteiger partial charge in [-0.05, 0) is 25.1 Å². The summed E-state index contributed by atoms with van der Waals surface area (Å²) < 4.78 is 0. The van der Waals surface area contributed by atoms with Crippen LogP contribution in [-0.4, -0.2) is 10.1 Å². The molecule has 0 spiro atoms. The first-order valence-corrected chi connectivity index (χ1v) is 3.54. The minimum Gasteiger partial charge on any atom is -0.513 e. The van der Waals surface area contributed by atoms with Crippen molar-refractivity contribution >= 4 is 0 Å². The van der Waals surface area contributed by atoms with E-state index in [9.17, 15) is 0 Å². The Morgan fingerprint density at radius 1 is 1.64 bits per heavy atom. The number of aliphatic hydroxyl groups is 1. The van der Waals surface area contributed by atoms with Crippen molar-refractivity contribution in [1.82, 2.24) is 4.98 Å². The predicted octanol–water partition coefficient (Wildman–Crippen LogP) is 2.09. The Bertz CT molecular complexity index is 237. The molecular weight excluding hydrogens is 138 g/mol. The summed E-state index contributed by atoms with van der Waals surface area (Å²) in [4.78, 5) is 4.10. The van der Waals surface area contributed by atoms with Gasteiger partial charge in [0.2, 0.25) is 0 Å². The van der Waals surface area contributed by atoms with E-state index in [1.54, 1.807) is 19.2 Å². The number of pyridine rings is 1. The lowest BCUT2D eigenvalue weighted by Crippen LogP contribution is -1.85. The van der Waals surface area contributed by atoms with Gasteiger partial charge in [0.1, 0.15) is 0 Å². The van der Waals surface area contributed by atoms with Gasteiger partial charge in [0, 0.05) is 18.3 Å². The summed E-state index contributed by atoms with van der Waals surface area (Å²) in [5.41, 5.74) is 0.973. The van der Waals surface area contributed by atoms with Crippen LogP contribution in [0.1, 0.15) is 12.6 Å². The van der Waals surface area contributed by atoms with Crippen LogP contribution in [0.3, 0.4) is 0 Å². The highest BCUT2D eigenvalue weighted by atomic mass is 16.3. The van der Waals surface area contributed by atoms with Gasteiger partial charge in [0.05, 0.1) is 5.76 Å². The minimum absolute atomic E-state index is 0.343. The van der Waals surface area contributed by atoms with E-state index in [1.807, 2.05) is 18.2 Å². The van der Waals surface area contributed by atoms with Crippen LogP contribution in [-0.2, 0) is 6.42 Å². The fourth-order valence-electron chi connectivity index (χ4n) is 0.771. The fraction of sp³-hybridized carbons (Fsp3) is 0.222. The fourth-order valence-corrected chi connectivity index (χ4v) is 0.771. The normalized spacial score (nSPS) is 11.5. The predicted molar refractivity (Wildman–Crippen MR) is 44.3 cm³/mol. The van der Waals surface area contributed by atoms with Crippen LogP contribution >= 0.6 is 0 Å². The van der Waals surface area contributed by atoms with Crippen LogP contribution in [0.15, 0.2) is 36.2 Å². The van der Waals surface area contributed by atoms with Crippen LogP contribution in [0, 0.1) is 0 Å². The van der Waals surface area contributed by atoms with E-state index in [4.69, 9.17) is 5.11 Å². The molecule has 1 N–H and O–H groups in total. The molecule has 0 saturated heterocycles. The van der Waals surface area contributed by atoms with Gasteiger partial charge in [-0.2, -0.15) is 0 Å². The molecule has 1 rings (SSSR count). The largest absolute Gasteiger partial charge is 0.513 e. The summed E-state index contributed by atoms with van der Waals surface area (Å²) >= 11 is 0. The molecule has 0 aromatic carbocycles. The third-order valence-corrected chi connectivity index (χ3v) is 1.33. The molecule has 1 heterocycles. The lowest BCUT2D eigenvalue weighted by Gasteiger charge is -1.93. The second-order valence-corrected chi connectivity index (χ2v) is 2.37. The van der Waals surface area contributed by atoms with Gasteiger partial charge in [-0.15, -0.1) is 0 Å². The van der Waals surface area contributed by atoms with Gasteiger partial charge in [0.25, 0.3) is 0 Å². The third-order valence-electron chi connectivity index (χ3n) is 1.33. The molecule has 58 valence electrons. The van der Waals surface area contributed by atoms with E-state index in [1.165, 1.54) is 0 Å². The molecule has 0 aliphatic rings. The Morgan fingerprint density at radius 2 is 2.45 bits per heavy atom. The van der Waals surface area contributed by atoms with Crippen molar-refractivity contribution in [3.05, 3.63) is 41.9 Å². The van der Waals surface area contributed by atoms with Crippen molar-refractivity contribution in [2.45, 2.75) is 13.3 Å². The van der Waals surface area contributed by atoms with Crippen LogP contribution in [0.4, 0.5) is 0 Å². The third kappa shape index (κ3) is 2.85. The molecule has 0 atom stereocenters. The first-order valence-electron chi connectivity index (χ1n) is 3.54. The number of nitrogens with zero attached hydrogens (tertiary/aromatic N) is 1. The second kappa shape index (κ2) is 3.76. The molecule has 0 radical (unpaired) electrons. The molecule has 0 fully saturated rings. The summed E-state index contributed by atoms with van der Waals surface area (Å²) in [6, 6.07) is 5.74. The van der Waals surface area contributed by atoms with E-state index >= 15 is 0 Å². The molecule has 0 saturated carbocycles. The van der Waals surface area contributed by atoms with E-state index < -0.39 is 0 Å². The lowest BCUT2D eigenvalue weighted by atomic mass is 10.2. The Kier molecular flexibility index (Phi) is 2.66. The van der Waals surface area contributed by atoms with Gasteiger partial charge < -0.3 is 5.11 Å². The number of aromatic nitrogens is 1. The maximum Gasteiger partial charge on any atom is 0.0855 e. The summed E-state index contributed by atoms with van der Waals surface area (Å²) in [5.74, 6) is 0.343. The maximum atomic E-state index is 8.85. The highest BCUT2D eigenvalue weighted by molar-refractivity contribution is 5.08. The molecule has 11 heavy (non-hydrogen) atoms. The molecule has 0 aliphatic heterocycles. The first kappa shape index (κ1) is 7.79. The van der Waals surface area contributed by atoms with Crippen molar-refractivity contribution in [2.24, 2.45) is 0 Å². The second-order valence-electron chi connectivity index (χ2n) is 2.37. The quantitative estimate of drug-likeness (QED) is 0.653. The molecule has 2 nitrogen and oxygen atoms in total. The van der Waals surface area contributed by atoms with Crippen molar-refractivity contribution in [1.29, 1.82) is 0 Å². The van der Waals surface area contributed by atoms with Gasteiger partial charge in [0.15, 0.2) is 0 Å². The first-order chi connectivity index (χ1) is 5.29. The Morgan fingerprint density at radius 3 is 3.00 bits per heavy atom. The smallest absolute Gasteiger partial charge is 0.0855 e. The average molecular weight is 149 g/mol. The molecule has 0 amide bonds. The maximum absolute atomic E-state index is 8.85. The Labute approximate surface area is 66.2 Å². The van der Waals surface area contributed by atoms with Crippen LogP contribution in [0.5, 0.6) is 0 Å². The Hall–Kier alpha value is -1.31. The van der Waals surface area contributed by atoms with Crippen molar-refractivity contribution in [3.63, 3.8) is 0 Å². The lowest BCUT2D eigenvalue weighted by molar-refractivity contribution is 0.412. The van der Waals surface area contributed by atoms with Gasteiger partial charge in [-0.1, -0.05) is 6.07 Å². The van der Waals surface area contributed by atoms with Crippen molar-refractivity contribution in [2.75, 3.05) is 0 Å². The molecule has 1 aromatic rings. The van der Waals surface area contributed by atoms with Crippen LogP contribution < -0.4 is 0 Å². The average Bonchev–Trinajstić information content (AvgIpc) is 2.03. The number of hydrogen-bond acceptors (Lipinski definition) is 2. The van der Waals surface area contributed by atoms with E-state index in [0.717, 1.165) is 5.69 Å². The highest BCUT2D eigenvalue weighted by Gasteiger charge is 1.88. The monoisotopic (exact) mass is 149 g/mol. The minimum atomic E-state index is 0.343. The van der Waals surface area contributed by atoms with Crippen molar-refractivity contribution < 1.29 is 5.11 Å². The van der Waals surface area contributed by atoms with Gasteiger partial charge in [-0.25, -0.2) is 0 Å². The number of hydrogen-bond donors (Lipinski definition) is 1. The number of allylic oxidation sites excluding steroid dienone is 2. The SMILES string of the molecule is CC(O)=CCc1ccccn1. The number of aliphatic hydroxyl groups excluding tert-OH is 1. The van der Waals surface area contributed by atoms with Gasteiger partial charge >= 0.3 is 0 Å². The van der Waals surface area contributed by atoms with E-state index in [0.29, 0.717) is 12.2 Å². The zero-order chi connectivity index (χ0) is 8.10. The van der Waals surface area contributed by atoms with Crippen LogP contribution in [0.2, 0.25) is 0 Å². The molecule has 0 bridgehead atoms. The zero-order valence-corrected chi connectivity index (χ0v) is 6.49. The molecule has 1 aromatic heterocycles. The summed E-state index contributed by atoms with van der Waals surface area (Å²) in [6.45, 7) is 1.66. The molecule has 0 unspecified atom stereocenters. The highest BCUT2D eigenvalue weighted by Crippen LogP contribution is 1.97. The van der Waals surface area contributed by atoms with Crippen molar-refractivity contribution in [3.8, 4) is 0 Å². The summed E-state index contributed by atoms with van der Waals surface area (Å²) in [7, 11) is 0. The molecular formula is C9H11NO. The van der Waals surface area contributed by atoms with E-state index in [2.05, 4.69) is 4.98 Å². The van der Waals surface area contributed by atoms with Crippen LogP contribution in [0.25, 0.3) is 0 Å². The van der Waals surface area contributed by atoms with Gasteiger partial charge in [-0.3, -0.25) is 4.98 Å². The molecule has 2 heteroatoms. The summed E-state index contributed by atoms with van der Waals surface area (Å²) in [5, 5.41) is 8.85. The topological polar surface area (TPSA) is 33.1 Å². The Balaban J connectivity index is 2.59. The molecule has 0 aliphatic carbocycles. The summed E-state index contributed by atoms with van der Waals surface area (Å²) in [6.07, 6.45) is 4.18.